The second kappa shape index (κ2) is 10.3. The van der Waals surface area contributed by atoms with Crippen LogP contribution >= 0.6 is 0 Å². The van der Waals surface area contributed by atoms with E-state index in [1.807, 2.05) is 51.0 Å². The van der Waals surface area contributed by atoms with Gasteiger partial charge in [0.1, 0.15) is 11.5 Å². The minimum absolute atomic E-state index is 0.408. The van der Waals surface area contributed by atoms with Gasteiger partial charge in [0, 0.05) is 32.1 Å². The van der Waals surface area contributed by atoms with Crippen LogP contribution < -0.4 is 15.5 Å². The summed E-state index contributed by atoms with van der Waals surface area (Å²) in [6.07, 6.45) is 4.62. The van der Waals surface area contributed by atoms with E-state index in [4.69, 9.17) is 9.97 Å². The smallest absolute Gasteiger partial charge is 0.225 e. The van der Waals surface area contributed by atoms with Gasteiger partial charge in [0.2, 0.25) is 5.95 Å². The molecule has 0 saturated heterocycles. The minimum Gasteiger partial charge on any atom is -0.362 e. The summed E-state index contributed by atoms with van der Waals surface area (Å²) in [7, 11) is 4.04. The van der Waals surface area contributed by atoms with Crippen LogP contribution in [-0.2, 0) is 6.54 Å². The van der Waals surface area contributed by atoms with E-state index in [0.29, 0.717) is 17.6 Å². The molecule has 1 aromatic heterocycles. The fourth-order valence-corrected chi connectivity index (χ4v) is 4.87. The van der Waals surface area contributed by atoms with Crippen molar-refractivity contribution in [1.82, 2.24) is 15.3 Å². The average molecular weight is 447 g/mol. The fourth-order valence-electron chi connectivity index (χ4n) is 4.87. The Kier molecular flexibility index (Phi) is 7.18. The molecule has 0 spiro atoms. The zero-order valence-corrected chi connectivity index (χ0v) is 20.1. The molecule has 1 aliphatic rings. The number of aromatic nitrogens is 2. The van der Waals surface area contributed by atoms with E-state index < -0.39 is 0 Å². The number of hydrogen-bond donors (Lipinski definition) is 2. The molecule has 1 saturated carbocycles. The number of para-hydroxylation sites is 1. The van der Waals surface area contributed by atoms with Gasteiger partial charge in [0.05, 0.1) is 5.52 Å². The summed E-state index contributed by atoms with van der Waals surface area (Å²) in [5.41, 5.74) is 4.64. The van der Waals surface area contributed by atoms with Crippen LogP contribution in [0.15, 0.2) is 41.6 Å². The van der Waals surface area contributed by atoms with Gasteiger partial charge in [-0.2, -0.15) is 4.98 Å². The third-order valence-electron chi connectivity index (χ3n) is 6.59. The van der Waals surface area contributed by atoms with Crippen LogP contribution in [0.1, 0.15) is 42.4 Å². The lowest BCUT2D eigenvalue weighted by Crippen LogP contribution is -2.31. The molecule has 7 nitrogen and oxygen atoms in total. The van der Waals surface area contributed by atoms with Crippen molar-refractivity contribution >= 4 is 28.4 Å². The Morgan fingerprint density at radius 2 is 1.73 bits per heavy atom. The Morgan fingerprint density at radius 1 is 1.03 bits per heavy atom. The van der Waals surface area contributed by atoms with Crippen molar-refractivity contribution in [2.75, 3.05) is 30.9 Å². The molecule has 0 bridgehead atoms. The summed E-state index contributed by atoms with van der Waals surface area (Å²) >= 11 is 0. The predicted octanol–water partition coefficient (Wildman–Crippen LogP) is 5.47. The lowest BCUT2D eigenvalue weighted by Gasteiger charge is -2.29. The van der Waals surface area contributed by atoms with Gasteiger partial charge >= 0.3 is 0 Å². The number of hydrogen-bond acceptors (Lipinski definition) is 7. The number of nitroso groups, excluding NO2 is 1. The Morgan fingerprint density at radius 3 is 2.39 bits per heavy atom. The molecular formula is C26H34N6O. The molecule has 0 unspecified atom stereocenters. The predicted molar refractivity (Wildman–Crippen MR) is 136 cm³/mol. The largest absolute Gasteiger partial charge is 0.362 e. The number of nitrogens with zero attached hydrogens (tertiary/aromatic N) is 4. The minimum atomic E-state index is 0.408. The number of nitrogens with one attached hydrogen (secondary N) is 2. The molecule has 0 radical (unpaired) electrons. The summed E-state index contributed by atoms with van der Waals surface area (Å²) in [4.78, 5) is 22.5. The highest BCUT2D eigenvalue weighted by molar-refractivity contribution is 5.90. The van der Waals surface area contributed by atoms with Crippen LogP contribution in [-0.4, -0.2) is 36.6 Å². The SMILES string of the molecule is Cc1cc(CNC[C@H]2CC[C@@H](Nc3nc(N(C)C)c4ccccc4n3)CC2)cc(C)c1N=O. The maximum Gasteiger partial charge on any atom is 0.225 e. The topological polar surface area (TPSA) is 82.5 Å². The molecular weight excluding hydrogens is 412 g/mol. The van der Waals surface area contributed by atoms with Crippen molar-refractivity contribution in [3.05, 3.63) is 58.0 Å². The van der Waals surface area contributed by atoms with Crippen LogP contribution in [0.25, 0.3) is 10.9 Å². The van der Waals surface area contributed by atoms with E-state index in [2.05, 4.69) is 34.0 Å². The van der Waals surface area contributed by atoms with Crippen molar-refractivity contribution in [2.45, 2.75) is 52.1 Å². The molecule has 0 aliphatic heterocycles. The van der Waals surface area contributed by atoms with Gasteiger partial charge in [-0.3, -0.25) is 0 Å². The van der Waals surface area contributed by atoms with Crippen LogP contribution in [0.3, 0.4) is 0 Å². The number of rotatable bonds is 8. The van der Waals surface area contributed by atoms with E-state index in [1.54, 1.807) is 0 Å². The first kappa shape index (κ1) is 23.1. The van der Waals surface area contributed by atoms with Crippen LogP contribution in [0, 0.1) is 24.7 Å². The van der Waals surface area contributed by atoms with Crippen molar-refractivity contribution in [1.29, 1.82) is 0 Å². The van der Waals surface area contributed by atoms with E-state index in [1.165, 1.54) is 18.4 Å². The van der Waals surface area contributed by atoms with E-state index >= 15 is 0 Å². The standard InChI is InChI=1S/C26H34N6O/c1-17-13-20(14-18(2)24(17)31-33)16-27-15-19-9-11-21(12-10-19)28-26-29-23-8-6-5-7-22(23)25(30-26)32(3)4/h5-8,13-14,19,21,27H,9-12,15-16H2,1-4H3,(H,28,29,30)/t19-,21+. The summed E-state index contributed by atoms with van der Waals surface area (Å²) < 4.78 is 0. The van der Waals surface area contributed by atoms with Crippen molar-refractivity contribution in [3.63, 3.8) is 0 Å². The molecule has 3 aromatic rings. The van der Waals surface area contributed by atoms with Crippen molar-refractivity contribution < 1.29 is 0 Å². The lowest BCUT2D eigenvalue weighted by molar-refractivity contribution is 0.324. The first-order chi connectivity index (χ1) is 15.9. The number of aryl methyl sites for hydroxylation is 2. The Bertz CT molecular complexity index is 1100. The highest BCUT2D eigenvalue weighted by atomic mass is 16.3. The molecule has 2 aromatic carbocycles. The van der Waals surface area contributed by atoms with Gasteiger partial charge in [-0.15, -0.1) is 4.91 Å². The monoisotopic (exact) mass is 446 g/mol. The highest BCUT2D eigenvalue weighted by Gasteiger charge is 2.22. The second-order valence-electron chi connectivity index (χ2n) is 9.44. The molecule has 174 valence electrons. The molecule has 1 fully saturated rings. The van der Waals surface area contributed by atoms with Gasteiger partial charge in [-0.05, 0) is 86.0 Å². The van der Waals surface area contributed by atoms with Crippen LogP contribution in [0.5, 0.6) is 0 Å². The van der Waals surface area contributed by atoms with Crippen LogP contribution in [0.4, 0.5) is 17.5 Å². The summed E-state index contributed by atoms with van der Waals surface area (Å²) in [6.45, 7) is 5.72. The first-order valence-corrected chi connectivity index (χ1v) is 11.8. The van der Waals surface area contributed by atoms with Crippen molar-refractivity contribution in [3.8, 4) is 0 Å². The van der Waals surface area contributed by atoms with Crippen molar-refractivity contribution in [2.24, 2.45) is 11.1 Å². The lowest BCUT2D eigenvalue weighted by atomic mass is 9.86. The molecule has 1 heterocycles. The van der Waals surface area contributed by atoms with E-state index in [0.717, 1.165) is 59.7 Å². The Balaban J connectivity index is 1.29. The molecule has 0 atom stereocenters. The Hall–Kier alpha value is -3.06. The molecule has 33 heavy (non-hydrogen) atoms. The third-order valence-corrected chi connectivity index (χ3v) is 6.59. The number of fused-ring (bicyclic) bond motifs is 1. The summed E-state index contributed by atoms with van der Waals surface area (Å²) in [5.74, 6) is 2.34. The van der Waals surface area contributed by atoms with Crippen LogP contribution in [0.2, 0.25) is 0 Å². The maximum absolute atomic E-state index is 10.9. The van der Waals surface area contributed by atoms with Gasteiger partial charge < -0.3 is 15.5 Å². The van der Waals surface area contributed by atoms with E-state index in [9.17, 15) is 4.91 Å². The molecule has 2 N–H and O–H groups in total. The van der Waals surface area contributed by atoms with Gasteiger partial charge in [0.25, 0.3) is 0 Å². The fraction of sp³-hybridized carbons (Fsp3) is 0.462. The van der Waals surface area contributed by atoms with Gasteiger partial charge in [0.15, 0.2) is 0 Å². The quantitative estimate of drug-likeness (QED) is 0.447. The normalized spacial score (nSPS) is 18.3. The summed E-state index contributed by atoms with van der Waals surface area (Å²) in [5, 5.41) is 11.4. The van der Waals surface area contributed by atoms with Gasteiger partial charge in [-0.25, -0.2) is 4.98 Å². The van der Waals surface area contributed by atoms with Gasteiger partial charge in [-0.1, -0.05) is 24.3 Å². The second-order valence-corrected chi connectivity index (χ2v) is 9.44. The number of anilines is 2. The first-order valence-electron chi connectivity index (χ1n) is 11.8. The molecule has 1 aliphatic carbocycles. The number of benzene rings is 2. The molecule has 7 heteroatoms. The molecule has 4 rings (SSSR count). The zero-order valence-electron chi connectivity index (χ0n) is 20.1. The Labute approximate surface area is 196 Å². The van der Waals surface area contributed by atoms with E-state index in [-0.39, 0.29) is 0 Å². The summed E-state index contributed by atoms with van der Waals surface area (Å²) in [6, 6.07) is 12.7. The third kappa shape index (κ3) is 5.47. The molecule has 0 amide bonds. The average Bonchev–Trinajstić information content (AvgIpc) is 2.79. The maximum atomic E-state index is 10.9. The zero-order chi connectivity index (χ0) is 23.4. The highest BCUT2D eigenvalue weighted by Crippen LogP contribution is 2.29.